The first-order valence-corrected chi connectivity index (χ1v) is 7.89. The number of rotatable bonds is 6. The molecule has 0 atom stereocenters. The molecule has 0 saturated heterocycles. The Morgan fingerprint density at radius 2 is 2.09 bits per heavy atom. The standard InChI is InChI=1S/C15H16N4O2S/c1-3-19-9-8-16-15(19)22-10-13-17-14(21-18-13)11-4-6-12(20-2)7-5-11/h4-9H,3,10H2,1-2H3. The monoisotopic (exact) mass is 316 g/mol. The highest BCUT2D eigenvalue weighted by atomic mass is 32.2. The predicted octanol–water partition coefficient (Wildman–Crippen LogP) is 3.25. The van der Waals surface area contributed by atoms with Crippen LogP contribution >= 0.6 is 11.8 Å². The summed E-state index contributed by atoms with van der Waals surface area (Å²) in [5, 5.41) is 4.97. The van der Waals surface area contributed by atoms with Gasteiger partial charge < -0.3 is 13.8 Å². The molecule has 0 aliphatic heterocycles. The van der Waals surface area contributed by atoms with E-state index in [1.807, 2.05) is 30.5 Å². The third-order valence-electron chi connectivity index (χ3n) is 3.15. The molecule has 22 heavy (non-hydrogen) atoms. The van der Waals surface area contributed by atoms with Crippen molar-refractivity contribution in [1.29, 1.82) is 0 Å². The first-order chi connectivity index (χ1) is 10.8. The quantitative estimate of drug-likeness (QED) is 0.650. The lowest BCUT2D eigenvalue weighted by atomic mass is 10.2. The molecule has 0 amide bonds. The summed E-state index contributed by atoms with van der Waals surface area (Å²) in [6.45, 7) is 2.98. The molecule has 6 nitrogen and oxygen atoms in total. The zero-order valence-electron chi connectivity index (χ0n) is 12.4. The molecule has 0 aliphatic rings. The van der Waals surface area contributed by atoms with Gasteiger partial charge in [-0.2, -0.15) is 4.98 Å². The topological polar surface area (TPSA) is 66.0 Å². The molecule has 3 rings (SSSR count). The van der Waals surface area contributed by atoms with Gasteiger partial charge >= 0.3 is 0 Å². The summed E-state index contributed by atoms with van der Waals surface area (Å²) < 4.78 is 12.5. The molecule has 0 aliphatic carbocycles. The third kappa shape index (κ3) is 3.14. The average Bonchev–Trinajstić information content (AvgIpc) is 3.21. The van der Waals surface area contributed by atoms with E-state index in [2.05, 4.69) is 26.6 Å². The highest BCUT2D eigenvalue weighted by molar-refractivity contribution is 7.98. The molecule has 7 heteroatoms. The number of hydrogen-bond acceptors (Lipinski definition) is 6. The number of hydrogen-bond donors (Lipinski definition) is 0. The lowest BCUT2D eigenvalue weighted by molar-refractivity contribution is 0.414. The van der Waals surface area contributed by atoms with Crippen LogP contribution in [0.1, 0.15) is 12.7 Å². The van der Waals surface area contributed by atoms with E-state index in [-0.39, 0.29) is 0 Å². The fraction of sp³-hybridized carbons (Fsp3) is 0.267. The first kappa shape index (κ1) is 14.6. The summed E-state index contributed by atoms with van der Waals surface area (Å²) in [6, 6.07) is 7.53. The van der Waals surface area contributed by atoms with E-state index < -0.39 is 0 Å². The second-order valence-corrected chi connectivity index (χ2v) is 5.47. The molecule has 0 bridgehead atoms. The van der Waals surface area contributed by atoms with E-state index in [1.165, 1.54) is 0 Å². The fourth-order valence-electron chi connectivity index (χ4n) is 1.97. The highest BCUT2D eigenvalue weighted by Gasteiger charge is 2.10. The molecule has 0 radical (unpaired) electrons. The molecule has 2 heterocycles. The van der Waals surface area contributed by atoms with Gasteiger partial charge in [-0.25, -0.2) is 4.98 Å². The molecule has 0 saturated carbocycles. The van der Waals surface area contributed by atoms with Crippen molar-refractivity contribution in [3.05, 3.63) is 42.5 Å². The first-order valence-electron chi connectivity index (χ1n) is 6.91. The van der Waals surface area contributed by atoms with Gasteiger partial charge in [0.2, 0.25) is 0 Å². The van der Waals surface area contributed by atoms with Crippen LogP contribution in [-0.4, -0.2) is 26.8 Å². The average molecular weight is 316 g/mol. The maximum Gasteiger partial charge on any atom is 0.257 e. The molecule has 3 aromatic rings. The van der Waals surface area contributed by atoms with Crippen LogP contribution < -0.4 is 4.74 Å². The van der Waals surface area contributed by atoms with Crippen LogP contribution in [0.15, 0.2) is 46.3 Å². The maximum absolute atomic E-state index is 5.31. The van der Waals surface area contributed by atoms with Crippen molar-refractivity contribution in [2.24, 2.45) is 0 Å². The number of benzene rings is 1. The number of aryl methyl sites for hydroxylation is 1. The Kier molecular flexibility index (Phi) is 4.43. The van der Waals surface area contributed by atoms with Crippen molar-refractivity contribution in [3.8, 4) is 17.2 Å². The minimum absolute atomic E-state index is 0.511. The maximum atomic E-state index is 5.31. The molecule has 0 N–H and O–H groups in total. The van der Waals surface area contributed by atoms with E-state index in [1.54, 1.807) is 25.1 Å². The van der Waals surface area contributed by atoms with E-state index >= 15 is 0 Å². The van der Waals surface area contributed by atoms with Crippen molar-refractivity contribution < 1.29 is 9.26 Å². The minimum atomic E-state index is 0.511. The fourth-order valence-corrected chi connectivity index (χ4v) is 2.84. The Labute approximate surface area is 132 Å². The molecule has 0 fully saturated rings. The lowest BCUT2D eigenvalue weighted by Crippen LogP contribution is -1.95. The van der Waals surface area contributed by atoms with Crippen LogP contribution in [0, 0.1) is 0 Å². The van der Waals surface area contributed by atoms with Gasteiger partial charge in [0.1, 0.15) is 5.75 Å². The predicted molar refractivity (Wildman–Crippen MR) is 83.7 cm³/mol. The van der Waals surface area contributed by atoms with Gasteiger partial charge in [0, 0.05) is 24.5 Å². The smallest absolute Gasteiger partial charge is 0.257 e. The van der Waals surface area contributed by atoms with Gasteiger partial charge in [0.05, 0.1) is 12.9 Å². The molecule has 2 aromatic heterocycles. The summed E-state index contributed by atoms with van der Waals surface area (Å²) in [4.78, 5) is 8.73. The zero-order valence-corrected chi connectivity index (χ0v) is 13.2. The van der Waals surface area contributed by atoms with Crippen LogP contribution in [0.25, 0.3) is 11.5 Å². The molecular formula is C15H16N4O2S. The summed E-state index contributed by atoms with van der Waals surface area (Å²) >= 11 is 1.59. The summed E-state index contributed by atoms with van der Waals surface area (Å²) in [5.74, 6) is 2.58. The van der Waals surface area contributed by atoms with E-state index in [0.29, 0.717) is 17.5 Å². The van der Waals surface area contributed by atoms with Gasteiger partial charge in [-0.3, -0.25) is 0 Å². The molecule has 114 valence electrons. The van der Waals surface area contributed by atoms with E-state index in [4.69, 9.17) is 9.26 Å². The Morgan fingerprint density at radius 1 is 1.27 bits per heavy atom. The minimum Gasteiger partial charge on any atom is -0.497 e. The van der Waals surface area contributed by atoms with Crippen molar-refractivity contribution in [3.63, 3.8) is 0 Å². The van der Waals surface area contributed by atoms with Crippen molar-refractivity contribution in [2.45, 2.75) is 24.4 Å². The number of methoxy groups -OCH3 is 1. The molecule has 1 aromatic carbocycles. The summed E-state index contributed by atoms with van der Waals surface area (Å²) in [7, 11) is 1.64. The number of aromatic nitrogens is 4. The molecule has 0 unspecified atom stereocenters. The van der Waals surface area contributed by atoms with Crippen LogP contribution in [0.4, 0.5) is 0 Å². The normalized spacial score (nSPS) is 10.8. The Bertz CT molecular complexity index is 736. The largest absolute Gasteiger partial charge is 0.497 e. The Balaban J connectivity index is 1.68. The van der Waals surface area contributed by atoms with Gasteiger partial charge in [-0.05, 0) is 31.2 Å². The number of nitrogens with zero attached hydrogens (tertiary/aromatic N) is 4. The number of imidazole rings is 1. The molecular weight excluding hydrogens is 300 g/mol. The number of ether oxygens (including phenoxy) is 1. The third-order valence-corrected chi connectivity index (χ3v) is 4.15. The van der Waals surface area contributed by atoms with Crippen LogP contribution in [0.5, 0.6) is 5.75 Å². The van der Waals surface area contributed by atoms with E-state index in [9.17, 15) is 0 Å². The van der Waals surface area contributed by atoms with Crippen LogP contribution in [0.2, 0.25) is 0 Å². The van der Waals surface area contributed by atoms with Gasteiger partial charge in [-0.1, -0.05) is 16.9 Å². The van der Waals surface area contributed by atoms with Gasteiger partial charge in [-0.15, -0.1) is 0 Å². The van der Waals surface area contributed by atoms with Crippen LogP contribution in [-0.2, 0) is 12.3 Å². The summed E-state index contributed by atoms with van der Waals surface area (Å²) in [6.07, 6.45) is 3.76. The Morgan fingerprint density at radius 3 is 2.82 bits per heavy atom. The number of thioether (sulfide) groups is 1. The van der Waals surface area contributed by atoms with Gasteiger partial charge in [0.15, 0.2) is 11.0 Å². The second-order valence-electron chi connectivity index (χ2n) is 4.53. The highest BCUT2D eigenvalue weighted by Crippen LogP contribution is 2.23. The Hall–Kier alpha value is -2.28. The van der Waals surface area contributed by atoms with Gasteiger partial charge in [0.25, 0.3) is 5.89 Å². The zero-order chi connectivity index (χ0) is 15.4. The van der Waals surface area contributed by atoms with E-state index in [0.717, 1.165) is 23.0 Å². The van der Waals surface area contributed by atoms with Crippen LogP contribution in [0.3, 0.4) is 0 Å². The second kappa shape index (κ2) is 6.65. The SMILES string of the molecule is CCn1ccnc1SCc1noc(-c2ccc(OC)cc2)n1. The molecule has 0 spiro atoms. The van der Waals surface area contributed by atoms with Crippen molar-refractivity contribution >= 4 is 11.8 Å². The van der Waals surface area contributed by atoms with Crippen molar-refractivity contribution in [2.75, 3.05) is 7.11 Å². The van der Waals surface area contributed by atoms with Crippen molar-refractivity contribution in [1.82, 2.24) is 19.7 Å². The summed E-state index contributed by atoms with van der Waals surface area (Å²) in [5.41, 5.74) is 0.875. The lowest BCUT2D eigenvalue weighted by Gasteiger charge is -2.01.